The topological polar surface area (TPSA) is 63.0 Å². The summed E-state index contributed by atoms with van der Waals surface area (Å²) in [5, 5.41) is 8.63. The third-order valence-corrected chi connectivity index (χ3v) is 6.78. The molecule has 2 aromatic carbocycles. The van der Waals surface area contributed by atoms with Crippen LogP contribution in [0.5, 0.6) is 0 Å². The second-order valence-electron chi connectivity index (χ2n) is 7.95. The number of thiophene rings is 1. The van der Waals surface area contributed by atoms with Gasteiger partial charge in [0.05, 0.1) is 6.20 Å². The maximum atomic E-state index is 14.6. The molecule has 5 aromatic rings. The second kappa shape index (κ2) is 8.46. The number of alkyl halides is 1. The number of aromatic nitrogens is 2. The summed E-state index contributed by atoms with van der Waals surface area (Å²) in [7, 11) is 6.44. The van der Waals surface area contributed by atoms with E-state index in [0.29, 0.717) is 22.1 Å². The second-order valence-corrected chi connectivity index (χ2v) is 9.04. The summed E-state index contributed by atoms with van der Waals surface area (Å²) in [5.74, 6) is 1.09. The lowest BCUT2D eigenvalue weighted by atomic mass is 9.87. The predicted molar refractivity (Wildman–Crippen MR) is 138 cm³/mol. The zero-order valence-corrected chi connectivity index (χ0v) is 18.8. The first-order valence-corrected chi connectivity index (χ1v) is 11.6. The van der Waals surface area contributed by atoms with Gasteiger partial charge in [0.15, 0.2) is 0 Å². The summed E-state index contributed by atoms with van der Waals surface area (Å²) >= 11 is 1.51. The van der Waals surface area contributed by atoms with Crippen molar-refractivity contribution in [3.63, 3.8) is 0 Å². The van der Waals surface area contributed by atoms with Gasteiger partial charge < -0.3 is 15.1 Å². The number of para-hydroxylation sites is 1. The molecule has 164 valence electrons. The molecular weight excluding hydrogens is 446 g/mol. The maximum Gasteiger partial charge on any atom is 0.222 e. The summed E-state index contributed by atoms with van der Waals surface area (Å²) in [4.78, 5) is 8.46. The zero-order valence-electron chi connectivity index (χ0n) is 18.0. The highest BCUT2D eigenvalue weighted by Gasteiger charge is 2.24. The molecule has 3 aromatic heterocycles. The molecule has 1 aliphatic carbocycles. The van der Waals surface area contributed by atoms with E-state index in [1.165, 1.54) is 11.3 Å². The highest BCUT2D eigenvalue weighted by atomic mass is 32.1. The Morgan fingerprint density at radius 3 is 2.71 bits per heavy atom. The Hall–Kier alpha value is -3.91. The van der Waals surface area contributed by atoms with Gasteiger partial charge in [-0.3, -0.25) is 4.98 Å². The van der Waals surface area contributed by atoms with Crippen molar-refractivity contribution in [2.75, 3.05) is 10.6 Å². The molecule has 2 radical (unpaired) electrons. The smallest absolute Gasteiger partial charge is 0.222 e. The number of nitrogens with zero attached hydrogens (tertiary/aromatic N) is 2. The number of benzene rings is 2. The number of nitrogens with one attached hydrogen (secondary N) is 2. The molecule has 1 atom stereocenters. The fraction of sp³-hybridized carbons (Fsp3) is 0.0769. The Balaban J connectivity index is 1.49. The van der Waals surface area contributed by atoms with Gasteiger partial charge in [0, 0.05) is 34.6 Å². The van der Waals surface area contributed by atoms with Gasteiger partial charge in [-0.15, -0.1) is 0 Å². The minimum Gasteiger partial charge on any atom is -0.438 e. The normalized spacial score (nSPS) is 15.9. The average Bonchev–Trinajstić information content (AvgIpc) is 3.37. The van der Waals surface area contributed by atoms with Crippen LogP contribution in [-0.2, 0) is 0 Å². The molecule has 0 fully saturated rings. The number of hydrogen-bond acceptors (Lipinski definition) is 6. The number of halogens is 1. The fourth-order valence-corrected chi connectivity index (χ4v) is 5.27. The maximum absolute atomic E-state index is 14.6. The van der Waals surface area contributed by atoms with Gasteiger partial charge in [-0.25, -0.2) is 9.37 Å². The number of hydrogen-bond donors (Lipinski definition) is 2. The first kappa shape index (κ1) is 20.7. The quantitative estimate of drug-likeness (QED) is 0.308. The first-order valence-electron chi connectivity index (χ1n) is 10.8. The molecule has 3 heterocycles. The number of anilines is 3. The molecule has 0 saturated carbocycles. The van der Waals surface area contributed by atoms with Gasteiger partial charge in [-0.2, -0.15) is 11.3 Å². The van der Waals surface area contributed by atoms with Crippen LogP contribution in [0.3, 0.4) is 0 Å². The lowest BCUT2D eigenvalue weighted by Gasteiger charge is -2.20. The number of allylic oxidation sites excluding steroid dienone is 3. The van der Waals surface area contributed by atoms with Crippen molar-refractivity contribution in [3.05, 3.63) is 90.5 Å². The minimum atomic E-state index is -1.09. The summed E-state index contributed by atoms with van der Waals surface area (Å²) in [6.07, 6.45) is 7.31. The Morgan fingerprint density at radius 1 is 1.03 bits per heavy atom. The van der Waals surface area contributed by atoms with Crippen molar-refractivity contribution in [1.29, 1.82) is 0 Å². The predicted octanol–water partition coefficient (Wildman–Crippen LogP) is 6.10. The van der Waals surface area contributed by atoms with Crippen molar-refractivity contribution in [3.8, 4) is 0 Å². The van der Waals surface area contributed by atoms with Crippen molar-refractivity contribution in [1.82, 2.24) is 9.97 Å². The lowest BCUT2D eigenvalue weighted by molar-refractivity contribution is 0.405. The van der Waals surface area contributed by atoms with E-state index < -0.39 is 6.17 Å². The van der Waals surface area contributed by atoms with Crippen molar-refractivity contribution >= 4 is 68.0 Å². The SMILES string of the molecule is [B]c1sc2ccccc2c1C1=C(Nc2oc3ccccc3c2Nc2cnccn2)C=CC(F)C1. The van der Waals surface area contributed by atoms with Gasteiger partial charge in [-0.05, 0) is 51.7 Å². The molecule has 0 aliphatic heterocycles. The Kier molecular flexibility index (Phi) is 5.15. The van der Waals surface area contributed by atoms with E-state index in [1.54, 1.807) is 30.7 Å². The highest BCUT2D eigenvalue weighted by molar-refractivity contribution is 7.26. The average molecular weight is 464 g/mol. The largest absolute Gasteiger partial charge is 0.438 e. The summed E-state index contributed by atoms with van der Waals surface area (Å²) in [5.41, 5.74) is 3.86. The molecule has 2 N–H and O–H groups in total. The van der Waals surface area contributed by atoms with Gasteiger partial charge in [-0.1, -0.05) is 30.3 Å². The van der Waals surface area contributed by atoms with E-state index in [9.17, 15) is 4.39 Å². The third kappa shape index (κ3) is 3.66. The number of furan rings is 1. The van der Waals surface area contributed by atoms with E-state index in [0.717, 1.165) is 38.0 Å². The first-order chi connectivity index (χ1) is 16.7. The van der Waals surface area contributed by atoms with Crippen molar-refractivity contribution in [2.45, 2.75) is 12.6 Å². The van der Waals surface area contributed by atoms with Gasteiger partial charge in [0.2, 0.25) is 5.88 Å². The molecule has 0 spiro atoms. The zero-order chi connectivity index (χ0) is 23.1. The van der Waals surface area contributed by atoms with E-state index in [-0.39, 0.29) is 6.42 Å². The van der Waals surface area contributed by atoms with Crippen LogP contribution in [0.25, 0.3) is 26.6 Å². The lowest BCUT2D eigenvalue weighted by Crippen LogP contribution is -2.14. The third-order valence-electron chi connectivity index (χ3n) is 5.78. The molecular formula is C26H18BFN4OS. The molecule has 6 rings (SSSR count). The van der Waals surface area contributed by atoms with Gasteiger partial charge in [0.1, 0.15) is 31.1 Å². The fourth-order valence-electron chi connectivity index (χ4n) is 4.28. The van der Waals surface area contributed by atoms with E-state index in [4.69, 9.17) is 12.3 Å². The van der Waals surface area contributed by atoms with Crippen LogP contribution >= 0.6 is 11.3 Å². The van der Waals surface area contributed by atoms with E-state index in [2.05, 4.69) is 20.6 Å². The van der Waals surface area contributed by atoms with Crippen LogP contribution in [0.15, 0.2) is 89.4 Å². The molecule has 5 nitrogen and oxygen atoms in total. The Morgan fingerprint density at radius 2 is 1.85 bits per heavy atom. The molecule has 34 heavy (non-hydrogen) atoms. The molecule has 0 amide bonds. The summed E-state index contributed by atoms with van der Waals surface area (Å²) in [6.45, 7) is 0. The van der Waals surface area contributed by atoms with E-state index in [1.807, 2.05) is 48.5 Å². The van der Waals surface area contributed by atoms with E-state index >= 15 is 0 Å². The van der Waals surface area contributed by atoms with Crippen LogP contribution in [0.4, 0.5) is 21.8 Å². The van der Waals surface area contributed by atoms with Crippen LogP contribution in [0.1, 0.15) is 12.0 Å². The number of rotatable bonds is 5. The molecule has 1 unspecified atom stereocenters. The standard InChI is InChI=1S/C26H18BFN4OS/c27-25-23(17-6-2-4-8-21(17)34-25)18-13-15(28)9-10-19(18)31-26-24(32-22-14-29-11-12-30-22)16-5-1-3-7-20(16)33-26/h1-12,14-15,31H,13H2,(H,30,32). The molecule has 1 aliphatic rings. The van der Waals surface area contributed by atoms with Crippen LogP contribution < -0.4 is 15.4 Å². The summed E-state index contributed by atoms with van der Waals surface area (Å²) in [6, 6.07) is 15.7. The van der Waals surface area contributed by atoms with Crippen LogP contribution in [0, 0.1) is 0 Å². The molecule has 8 heteroatoms. The number of fused-ring (bicyclic) bond motifs is 2. The van der Waals surface area contributed by atoms with Crippen molar-refractivity contribution in [2.24, 2.45) is 0 Å². The highest BCUT2D eigenvalue weighted by Crippen LogP contribution is 2.40. The van der Waals surface area contributed by atoms with Gasteiger partial charge >= 0.3 is 0 Å². The van der Waals surface area contributed by atoms with Crippen molar-refractivity contribution < 1.29 is 8.81 Å². The minimum absolute atomic E-state index is 0.219. The Bertz CT molecular complexity index is 1570. The van der Waals surface area contributed by atoms with Gasteiger partial charge in [0.25, 0.3) is 0 Å². The van der Waals surface area contributed by atoms with Crippen LogP contribution in [-0.4, -0.2) is 24.0 Å². The Labute approximate surface area is 200 Å². The van der Waals surface area contributed by atoms with Crippen LogP contribution in [0.2, 0.25) is 0 Å². The molecule has 0 saturated heterocycles. The summed E-state index contributed by atoms with van der Waals surface area (Å²) < 4.78 is 22.5. The molecule has 0 bridgehead atoms. The monoisotopic (exact) mass is 464 g/mol.